The molecule has 0 spiro atoms. The van der Waals surface area contributed by atoms with Gasteiger partial charge in [0.15, 0.2) is 0 Å². The Morgan fingerprint density at radius 1 is 1.33 bits per heavy atom. The number of aryl methyl sites for hydroxylation is 1. The summed E-state index contributed by atoms with van der Waals surface area (Å²) in [6.07, 6.45) is 1.62. The number of carbonyl (C=O) groups is 1. The Hall–Kier alpha value is -2.64. The minimum atomic E-state index is -0.174. The number of nitrogens with two attached hydrogens (primary N) is 1. The molecule has 0 saturated carbocycles. The van der Waals surface area contributed by atoms with Crippen LogP contribution in [0.15, 0.2) is 42.6 Å². The van der Waals surface area contributed by atoms with Crippen LogP contribution in [0.3, 0.4) is 0 Å². The molecule has 0 radical (unpaired) electrons. The fraction of sp³-hybridized carbons (Fsp3) is 0.176. The highest BCUT2D eigenvalue weighted by atomic mass is 16.1. The van der Waals surface area contributed by atoms with Crippen LogP contribution in [-0.2, 0) is 6.54 Å². The zero-order chi connectivity index (χ0) is 15.1. The van der Waals surface area contributed by atoms with Crippen molar-refractivity contribution in [2.24, 2.45) is 5.73 Å². The zero-order valence-corrected chi connectivity index (χ0v) is 11.9. The van der Waals surface area contributed by atoms with Gasteiger partial charge < -0.3 is 11.1 Å². The largest absolute Gasteiger partial charge is 0.347 e. The molecule has 2 rings (SSSR count). The van der Waals surface area contributed by atoms with E-state index in [1.165, 1.54) is 0 Å². The van der Waals surface area contributed by atoms with Gasteiger partial charge >= 0.3 is 0 Å². The Bertz CT molecular complexity index is 698. The van der Waals surface area contributed by atoms with E-state index in [1.54, 1.807) is 6.20 Å². The molecule has 21 heavy (non-hydrogen) atoms. The molecule has 1 aromatic heterocycles. The van der Waals surface area contributed by atoms with E-state index in [4.69, 9.17) is 5.73 Å². The topological polar surface area (TPSA) is 68.0 Å². The maximum absolute atomic E-state index is 12.1. The van der Waals surface area contributed by atoms with Gasteiger partial charge in [0.1, 0.15) is 5.69 Å². The average molecular weight is 279 g/mol. The van der Waals surface area contributed by atoms with Gasteiger partial charge in [-0.3, -0.25) is 9.78 Å². The van der Waals surface area contributed by atoms with Crippen molar-refractivity contribution in [2.45, 2.75) is 13.5 Å². The quantitative estimate of drug-likeness (QED) is 0.839. The summed E-state index contributed by atoms with van der Waals surface area (Å²) in [5.74, 6) is 5.61. The highest BCUT2D eigenvalue weighted by molar-refractivity contribution is 5.93. The Morgan fingerprint density at radius 2 is 2.19 bits per heavy atom. The lowest BCUT2D eigenvalue weighted by Crippen LogP contribution is -2.24. The third-order valence-corrected chi connectivity index (χ3v) is 2.94. The van der Waals surface area contributed by atoms with Crippen LogP contribution in [0.4, 0.5) is 0 Å². The first-order valence-corrected chi connectivity index (χ1v) is 6.68. The van der Waals surface area contributed by atoms with Crippen LogP contribution in [0, 0.1) is 18.8 Å². The summed E-state index contributed by atoms with van der Waals surface area (Å²) in [5.41, 5.74) is 8.54. The van der Waals surface area contributed by atoms with Crippen LogP contribution < -0.4 is 11.1 Å². The Labute approximate surface area is 124 Å². The van der Waals surface area contributed by atoms with Crippen LogP contribution in [0.1, 0.15) is 27.2 Å². The summed E-state index contributed by atoms with van der Waals surface area (Å²) in [4.78, 5) is 16.2. The summed E-state index contributed by atoms with van der Waals surface area (Å²) in [7, 11) is 0. The standard InChI is InChI=1S/C17H17N3O/c1-13-5-4-10-19-16(13)17(21)20-12-15-7-2-6-14(11-15)8-3-9-18/h2,4-7,10-11H,9,12,18H2,1H3,(H,20,21). The van der Waals surface area contributed by atoms with E-state index >= 15 is 0 Å². The maximum Gasteiger partial charge on any atom is 0.270 e. The number of nitrogens with one attached hydrogen (secondary N) is 1. The van der Waals surface area contributed by atoms with Gasteiger partial charge in [-0.25, -0.2) is 0 Å². The molecule has 106 valence electrons. The van der Waals surface area contributed by atoms with Crippen LogP contribution in [0.2, 0.25) is 0 Å². The van der Waals surface area contributed by atoms with E-state index in [-0.39, 0.29) is 5.91 Å². The van der Waals surface area contributed by atoms with Crippen LogP contribution >= 0.6 is 0 Å². The van der Waals surface area contributed by atoms with Gasteiger partial charge in [-0.1, -0.05) is 30.0 Å². The molecule has 0 aliphatic carbocycles. The number of carbonyl (C=O) groups excluding carboxylic acids is 1. The van der Waals surface area contributed by atoms with Gasteiger partial charge in [-0.15, -0.1) is 0 Å². The second kappa shape index (κ2) is 7.22. The monoisotopic (exact) mass is 279 g/mol. The Kier molecular flexibility index (Phi) is 5.08. The molecular formula is C17H17N3O. The molecule has 1 aromatic carbocycles. The smallest absolute Gasteiger partial charge is 0.270 e. The molecule has 1 heterocycles. The SMILES string of the molecule is Cc1cccnc1C(=O)NCc1cccc(C#CCN)c1. The Balaban J connectivity index is 2.03. The summed E-state index contributed by atoms with van der Waals surface area (Å²) in [6, 6.07) is 11.4. The van der Waals surface area contributed by atoms with Crippen molar-refractivity contribution in [1.29, 1.82) is 0 Å². The normalized spacial score (nSPS) is 9.62. The molecule has 0 bridgehead atoms. The van der Waals surface area contributed by atoms with Gasteiger partial charge in [0, 0.05) is 18.3 Å². The molecule has 0 atom stereocenters. The van der Waals surface area contributed by atoms with E-state index in [9.17, 15) is 4.79 Å². The van der Waals surface area contributed by atoms with Gasteiger partial charge in [-0.2, -0.15) is 0 Å². The number of pyridine rings is 1. The van der Waals surface area contributed by atoms with Crippen molar-refractivity contribution in [1.82, 2.24) is 10.3 Å². The molecule has 0 aliphatic heterocycles. The van der Waals surface area contributed by atoms with Gasteiger partial charge in [0.25, 0.3) is 5.91 Å². The van der Waals surface area contributed by atoms with Gasteiger partial charge in [-0.05, 0) is 36.2 Å². The molecule has 0 saturated heterocycles. The maximum atomic E-state index is 12.1. The molecule has 0 fully saturated rings. The van der Waals surface area contributed by atoms with Crippen LogP contribution in [-0.4, -0.2) is 17.4 Å². The van der Waals surface area contributed by atoms with Crippen molar-refractivity contribution >= 4 is 5.91 Å². The summed E-state index contributed by atoms with van der Waals surface area (Å²) in [5, 5.41) is 2.87. The highest BCUT2D eigenvalue weighted by Crippen LogP contribution is 2.06. The van der Waals surface area contributed by atoms with Gasteiger partial charge in [0.05, 0.1) is 6.54 Å². The van der Waals surface area contributed by atoms with Gasteiger partial charge in [0.2, 0.25) is 0 Å². The summed E-state index contributed by atoms with van der Waals surface area (Å²) >= 11 is 0. The van der Waals surface area contributed by atoms with E-state index in [1.807, 2.05) is 43.3 Å². The van der Waals surface area contributed by atoms with Crippen molar-refractivity contribution in [3.05, 3.63) is 65.0 Å². The van der Waals surface area contributed by atoms with E-state index in [0.717, 1.165) is 16.7 Å². The second-order valence-corrected chi connectivity index (χ2v) is 4.56. The minimum Gasteiger partial charge on any atom is -0.347 e. The third-order valence-electron chi connectivity index (χ3n) is 2.94. The number of nitrogens with zero attached hydrogens (tertiary/aromatic N) is 1. The van der Waals surface area contributed by atoms with Crippen molar-refractivity contribution in [3.63, 3.8) is 0 Å². The lowest BCUT2D eigenvalue weighted by atomic mass is 10.1. The van der Waals surface area contributed by atoms with Crippen molar-refractivity contribution in [3.8, 4) is 11.8 Å². The number of rotatable bonds is 3. The molecular weight excluding hydrogens is 262 g/mol. The summed E-state index contributed by atoms with van der Waals surface area (Å²) < 4.78 is 0. The molecule has 4 heteroatoms. The highest BCUT2D eigenvalue weighted by Gasteiger charge is 2.09. The average Bonchev–Trinajstić information content (AvgIpc) is 2.51. The number of hydrogen-bond acceptors (Lipinski definition) is 3. The number of aromatic nitrogens is 1. The fourth-order valence-corrected chi connectivity index (χ4v) is 1.90. The lowest BCUT2D eigenvalue weighted by molar-refractivity contribution is 0.0945. The zero-order valence-electron chi connectivity index (χ0n) is 11.9. The lowest BCUT2D eigenvalue weighted by Gasteiger charge is -2.07. The summed E-state index contributed by atoms with van der Waals surface area (Å²) in [6.45, 7) is 2.64. The molecule has 3 N–H and O–H groups in total. The molecule has 0 aliphatic rings. The van der Waals surface area contributed by atoms with Crippen LogP contribution in [0.5, 0.6) is 0 Å². The molecule has 4 nitrogen and oxygen atoms in total. The number of hydrogen-bond donors (Lipinski definition) is 2. The molecule has 2 aromatic rings. The Morgan fingerprint density at radius 3 is 2.95 bits per heavy atom. The van der Waals surface area contributed by atoms with E-state index < -0.39 is 0 Å². The first-order valence-electron chi connectivity index (χ1n) is 6.68. The van der Waals surface area contributed by atoms with Crippen LogP contribution in [0.25, 0.3) is 0 Å². The molecule has 0 unspecified atom stereocenters. The van der Waals surface area contributed by atoms with Crippen molar-refractivity contribution < 1.29 is 4.79 Å². The minimum absolute atomic E-state index is 0.174. The number of amides is 1. The van der Waals surface area contributed by atoms with E-state index in [2.05, 4.69) is 22.1 Å². The number of benzene rings is 1. The molecule has 1 amide bonds. The predicted molar refractivity (Wildman–Crippen MR) is 82.5 cm³/mol. The van der Waals surface area contributed by atoms with Crippen molar-refractivity contribution in [2.75, 3.05) is 6.54 Å². The second-order valence-electron chi connectivity index (χ2n) is 4.56. The third kappa shape index (κ3) is 4.16. The predicted octanol–water partition coefficient (Wildman–Crippen LogP) is 1.63. The fourth-order valence-electron chi connectivity index (χ4n) is 1.90. The first-order chi connectivity index (χ1) is 10.2. The van der Waals surface area contributed by atoms with E-state index in [0.29, 0.717) is 18.8 Å². The first kappa shape index (κ1) is 14.8.